The van der Waals surface area contributed by atoms with Crippen LogP contribution < -0.4 is 5.32 Å². The molecule has 0 aliphatic rings. The molecule has 0 spiro atoms. The average molecular weight is 241 g/mol. The van der Waals surface area contributed by atoms with Gasteiger partial charge in [0.25, 0.3) is 0 Å². The number of halogens is 1. The molecule has 0 saturated heterocycles. The molecule has 0 radical (unpaired) electrons. The number of carbonyl (C=O) groups excluding carboxylic acids is 1. The molecule has 1 rings (SSSR count). The van der Waals surface area contributed by atoms with E-state index in [0.29, 0.717) is 10.6 Å². The van der Waals surface area contributed by atoms with Crippen LogP contribution in [-0.4, -0.2) is 17.4 Å². The third kappa shape index (κ3) is 3.95. The van der Waals surface area contributed by atoms with Crippen LogP contribution >= 0.6 is 11.6 Å². The van der Waals surface area contributed by atoms with Gasteiger partial charge in [-0.2, -0.15) is 0 Å². The summed E-state index contributed by atoms with van der Waals surface area (Å²) in [6.45, 7) is 8.20. The third-order valence-corrected chi connectivity index (χ3v) is 2.51. The van der Waals surface area contributed by atoms with Crippen LogP contribution in [0, 0.1) is 0 Å². The van der Waals surface area contributed by atoms with Crippen molar-refractivity contribution in [1.82, 2.24) is 0 Å². The van der Waals surface area contributed by atoms with Gasteiger partial charge in [-0.05, 0) is 39.8 Å². The van der Waals surface area contributed by atoms with E-state index in [4.69, 9.17) is 11.6 Å². The number of hydrogen-bond acceptors (Lipinski definition) is 1. The zero-order valence-electron chi connectivity index (χ0n) is 10.3. The molecular formula is C13H19ClNO+. The molecule has 2 nitrogen and oxygen atoms in total. The fourth-order valence-electron chi connectivity index (χ4n) is 1.73. The summed E-state index contributed by atoms with van der Waals surface area (Å²) in [6, 6.07) is 7.02. The molecule has 2 N–H and O–H groups in total. The maximum Gasteiger partial charge on any atom is 0.219 e. The summed E-state index contributed by atoms with van der Waals surface area (Å²) in [5.74, 6) is 0.123. The Hall–Kier alpha value is -0.860. The summed E-state index contributed by atoms with van der Waals surface area (Å²) in [6.07, 6.45) is 0. The molecule has 0 saturated carbocycles. The van der Waals surface area contributed by atoms with Gasteiger partial charge in [0, 0.05) is 10.6 Å². The van der Waals surface area contributed by atoms with Crippen LogP contribution in [-0.2, 0) is 0 Å². The van der Waals surface area contributed by atoms with Gasteiger partial charge in [0.05, 0.1) is 5.54 Å². The molecule has 0 amide bonds. The van der Waals surface area contributed by atoms with Crippen LogP contribution in [0.3, 0.4) is 0 Å². The minimum Gasteiger partial charge on any atom is -0.333 e. The van der Waals surface area contributed by atoms with E-state index in [9.17, 15) is 4.79 Å². The van der Waals surface area contributed by atoms with Gasteiger partial charge in [0.2, 0.25) is 5.78 Å². The van der Waals surface area contributed by atoms with Crippen molar-refractivity contribution in [3.63, 3.8) is 0 Å². The SMILES string of the molecule is C[C@H]([NH2+]C(C)(C)C)C(=O)c1cccc(Cl)c1. The van der Waals surface area contributed by atoms with Crippen molar-refractivity contribution in [2.45, 2.75) is 39.3 Å². The van der Waals surface area contributed by atoms with E-state index >= 15 is 0 Å². The van der Waals surface area contributed by atoms with Gasteiger partial charge in [-0.15, -0.1) is 0 Å². The number of rotatable bonds is 3. The summed E-state index contributed by atoms with van der Waals surface area (Å²) >= 11 is 5.86. The van der Waals surface area contributed by atoms with Crippen molar-refractivity contribution < 1.29 is 10.1 Å². The Balaban J connectivity index is 2.78. The van der Waals surface area contributed by atoms with E-state index in [1.165, 1.54) is 0 Å². The van der Waals surface area contributed by atoms with E-state index < -0.39 is 0 Å². The number of quaternary nitrogens is 1. The number of carbonyl (C=O) groups is 1. The van der Waals surface area contributed by atoms with Gasteiger partial charge in [0.1, 0.15) is 6.04 Å². The molecule has 0 aromatic heterocycles. The maximum absolute atomic E-state index is 12.1. The lowest BCUT2D eigenvalue weighted by Crippen LogP contribution is -2.99. The molecule has 0 unspecified atom stereocenters. The lowest BCUT2D eigenvalue weighted by molar-refractivity contribution is -0.732. The minimum absolute atomic E-state index is 0.0493. The van der Waals surface area contributed by atoms with Crippen molar-refractivity contribution in [3.8, 4) is 0 Å². The standard InChI is InChI=1S/C13H18ClNO/c1-9(15-13(2,3)4)12(16)10-6-5-7-11(14)8-10/h5-9,15H,1-4H3/p+1/t9-/m0/s1. The second-order valence-electron chi connectivity index (χ2n) is 5.20. The third-order valence-electron chi connectivity index (χ3n) is 2.27. The molecule has 16 heavy (non-hydrogen) atoms. The van der Waals surface area contributed by atoms with E-state index in [1.807, 2.05) is 6.92 Å². The Morgan fingerprint density at radius 2 is 2.00 bits per heavy atom. The van der Waals surface area contributed by atoms with Crippen molar-refractivity contribution in [2.24, 2.45) is 0 Å². The second-order valence-corrected chi connectivity index (χ2v) is 5.63. The molecule has 0 bridgehead atoms. The topological polar surface area (TPSA) is 33.7 Å². The van der Waals surface area contributed by atoms with Crippen LogP contribution in [0.4, 0.5) is 0 Å². The summed E-state index contributed by atoms with van der Waals surface area (Å²) in [5, 5.41) is 2.67. The van der Waals surface area contributed by atoms with Crippen LogP contribution in [0.25, 0.3) is 0 Å². The Morgan fingerprint density at radius 3 is 2.50 bits per heavy atom. The first kappa shape index (κ1) is 13.2. The van der Waals surface area contributed by atoms with Crippen molar-refractivity contribution >= 4 is 17.4 Å². The van der Waals surface area contributed by atoms with Crippen molar-refractivity contribution in [3.05, 3.63) is 34.9 Å². The van der Waals surface area contributed by atoms with Gasteiger partial charge in [-0.25, -0.2) is 0 Å². The van der Waals surface area contributed by atoms with Crippen molar-refractivity contribution in [2.75, 3.05) is 0 Å². The highest BCUT2D eigenvalue weighted by Crippen LogP contribution is 2.11. The summed E-state index contributed by atoms with van der Waals surface area (Å²) < 4.78 is 0. The Morgan fingerprint density at radius 1 is 1.38 bits per heavy atom. The first-order valence-corrected chi connectivity index (χ1v) is 5.83. The molecule has 1 aromatic rings. The maximum atomic E-state index is 12.1. The lowest BCUT2D eigenvalue weighted by atomic mass is 10.0. The van der Waals surface area contributed by atoms with Crippen LogP contribution in [0.5, 0.6) is 0 Å². The van der Waals surface area contributed by atoms with Gasteiger partial charge in [0.15, 0.2) is 0 Å². The molecule has 88 valence electrons. The summed E-state index contributed by atoms with van der Waals surface area (Å²) in [4.78, 5) is 12.1. The Bertz CT molecular complexity index is 382. The zero-order valence-corrected chi connectivity index (χ0v) is 11.0. The summed E-state index contributed by atoms with van der Waals surface area (Å²) in [5.41, 5.74) is 0.730. The quantitative estimate of drug-likeness (QED) is 0.808. The summed E-state index contributed by atoms with van der Waals surface area (Å²) in [7, 11) is 0. The fraction of sp³-hybridized carbons (Fsp3) is 0.462. The van der Waals surface area contributed by atoms with Crippen LogP contribution in [0.1, 0.15) is 38.1 Å². The van der Waals surface area contributed by atoms with Gasteiger partial charge in [-0.1, -0.05) is 23.7 Å². The molecule has 3 heteroatoms. The molecule has 1 aromatic carbocycles. The Labute approximate surface area is 102 Å². The highest BCUT2D eigenvalue weighted by atomic mass is 35.5. The zero-order chi connectivity index (χ0) is 12.3. The first-order valence-electron chi connectivity index (χ1n) is 5.45. The van der Waals surface area contributed by atoms with Gasteiger partial charge < -0.3 is 5.32 Å². The fourth-order valence-corrected chi connectivity index (χ4v) is 1.92. The molecule has 0 fully saturated rings. The van der Waals surface area contributed by atoms with E-state index in [0.717, 1.165) is 0 Å². The van der Waals surface area contributed by atoms with Crippen LogP contribution in [0.15, 0.2) is 24.3 Å². The predicted octanol–water partition coefficient (Wildman–Crippen LogP) is 2.27. The van der Waals surface area contributed by atoms with Gasteiger partial charge >= 0.3 is 0 Å². The highest BCUT2D eigenvalue weighted by molar-refractivity contribution is 6.31. The minimum atomic E-state index is -0.0848. The monoisotopic (exact) mass is 240 g/mol. The normalized spacial score (nSPS) is 13.6. The number of Topliss-reactive ketones (excluding diaryl/α,β-unsaturated/α-hetero) is 1. The molecular weight excluding hydrogens is 222 g/mol. The van der Waals surface area contributed by atoms with E-state index in [-0.39, 0.29) is 17.4 Å². The number of ketones is 1. The number of benzene rings is 1. The first-order chi connectivity index (χ1) is 7.29. The second kappa shape index (κ2) is 4.98. The predicted molar refractivity (Wildman–Crippen MR) is 66.9 cm³/mol. The molecule has 1 atom stereocenters. The van der Waals surface area contributed by atoms with Gasteiger partial charge in [-0.3, -0.25) is 4.79 Å². The average Bonchev–Trinajstić information content (AvgIpc) is 2.14. The smallest absolute Gasteiger partial charge is 0.219 e. The van der Waals surface area contributed by atoms with E-state index in [1.54, 1.807) is 24.3 Å². The molecule has 0 heterocycles. The van der Waals surface area contributed by atoms with Crippen LogP contribution in [0.2, 0.25) is 5.02 Å². The van der Waals surface area contributed by atoms with Crippen molar-refractivity contribution in [1.29, 1.82) is 0 Å². The number of nitrogens with two attached hydrogens (primary N) is 1. The molecule has 0 aliphatic carbocycles. The Kier molecular flexibility index (Phi) is 4.11. The largest absolute Gasteiger partial charge is 0.333 e. The highest BCUT2D eigenvalue weighted by Gasteiger charge is 2.24. The number of hydrogen-bond donors (Lipinski definition) is 1. The van der Waals surface area contributed by atoms with E-state index in [2.05, 4.69) is 26.1 Å². The lowest BCUT2D eigenvalue weighted by Gasteiger charge is -2.21. The molecule has 0 aliphatic heterocycles.